The van der Waals surface area contributed by atoms with Crippen LogP contribution in [0.3, 0.4) is 0 Å². The maximum absolute atomic E-state index is 11.2. The molecule has 0 bridgehead atoms. The van der Waals surface area contributed by atoms with Crippen molar-refractivity contribution < 1.29 is 0 Å². The predicted molar refractivity (Wildman–Crippen MR) is 64.2 cm³/mol. The van der Waals surface area contributed by atoms with E-state index >= 15 is 0 Å². The van der Waals surface area contributed by atoms with E-state index in [9.17, 15) is 4.79 Å². The van der Waals surface area contributed by atoms with Gasteiger partial charge in [0.25, 0.3) is 5.56 Å². The lowest BCUT2D eigenvalue weighted by atomic mass is 10.3. The first-order valence-electron chi connectivity index (χ1n) is 4.66. The molecule has 5 nitrogen and oxygen atoms in total. The third-order valence-corrected chi connectivity index (χ3v) is 2.98. The number of likely N-dealkylation sites (N-methyl/N-ethyl adjacent to an activating group) is 1. The third kappa shape index (κ3) is 3.32. The standard InChI is InChI=1S/C9H15BrN4O/c1-6(14(2)3)4-11-8-7(10)9(15)13-5-12-8/h5-6H,4H2,1-3H3,(H2,11,12,13,15). The lowest BCUT2D eigenvalue weighted by Gasteiger charge is -2.20. The van der Waals surface area contributed by atoms with Gasteiger partial charge in [-0.1, -0.05) is 0 Å². The number of rotatable bonds is 4. The average molecular weight is 275 g/mol. The quantitative estimate of drug-likeness (QED) is 0.857. The zero-order chi connectivity index (χ0) is 11.4. The topological polar surface area (TPSA) is 61.0 Å². The van der Waals surface area contributed by atoms with Crippen LogP contribution in [0.4, 0.5) is 5.82 Å². The second kappa shape index (κ2) is 5.27. The van der Waals surface area contributed by atoms with Crippen molar-refractivity contribution in [3.63, 3.8) is 0 Å². The lowest BCUT2D eigenvalue weighted by Crippen LogP contribution is -2.32. The molecule has 2 N–H and O–H groups in total. The highest BCUT2D eigenvalue weighted by Crippen LogP contribution is 2.12. The van der Waals surface area contributed by atoms with Crippen LogP contribution in [0.2, 0.25) is 0 Å². The van der Waals surface area contributed by atoms with E-state index in [0.29, 0.717) is 16.3 Å². The predicted octanol–water partition coefficient (Wildman–Crippen LogP) is 0.894. The highest BCUT2D eigenvalue weighted by atomic mass is 79.9. The molecule has 0 radical (unpaired) electrons. The van der Waals surface area contributed by atoms with E-state index in [1.54, 1.807) is 0 Å². The molecule has 0 aromatic carbocycles. The van der Waals surface area contributed by atoms with Crippen molar-refractivity contribution in [3.05, 3.63) is 21.2 Å². The Morgan fingerprint density at radius 1 is 1.67 bits per heavy atom. The molecule has 0 aliphatic carbocycles. The summed E-state index contributed by atoms with van der Waals surface area (Å²) in [7, 11) is 4.01. The maximum Gasteiger partial charge on any atom is 0.267 e. The van der Waals surface area contributed by atoms with E-state index in [1.165, 1.54) is 6.33 Å². The highest BCUT2D eigenvalue weighted by Gasteiger charge is 2.07. The van der Waals surface area contributed by atoms with E-state index < -0.39 is 0 Å². The Morgan fingerprint density at radius 3 is 2.93 bits per heavy atom. The first kappa shape index (κ1) is 12.2. The van der Waals surface area contributed by atoms with Crippen LogP contribution >= 0.6 is 15.9 Å². The molecule has 6 heteroatoms. The molecule has 1 atom stereocenters. The lowest BCUT2D eigenvalue weighted by molar-refractivity contribution is 0.326. The minimum absolute atomic E-state index is 0.176. The van der Waals surface area contributed by atoms with Crippen LogP contribution in [0.15, 0.2) is 15.6 Å². The van der Waals surface area contributed by atoms with Crippen LogP contribution in [-0.4, -0.2) is 41.5 Å². The third-order valence-electron chi connectivity index (χ3n) is 2.24. The van der Waals surface area contributed by atoms with Gasteiger partial charge in [0.2, 0.25) is 0 Å². The molecule has 15 heavy (non-hydrogen) atoms. The second-order valence-electron chi connectivity index (χ2n) is 3.59. The molecule has 84 valence electrons. The number of hydrogen-bond donors (Lipinski definition) is 2. The number of aromatic nitrogens is 2. The Morgan fingerprint density at radius 2 is 2.33 bits per heavy atom. The van der Waals surface area contributed by atoms with Gasteiger partial charge < -0.3 is 15.2 Å². The molecule has 1 heterocycles. The Hall–Kier alpha value is -0.880. The molecule has 0 saturated heterocycles. The molecule has 0 spiro atoms. The first-order valence-corrected chi connectivity index (χ1v) is 5.45. The average Bonchev–Trinajstić information content (AvgIpc) is 2.19. The number of halogens is 1. The van der Waals surface area contributed by atoms with Crippen LogP contribution in [-0.2, 0) is 0 Å². The highest BCUT2D eigenvalue weighted by molar-refractivity contribution is 9.10. The van der Waals surface area contributed by atoms with E-state index in [1.807, 2.05) is 14.1 Å². The van der Waals surface area contributed by atoms with Crippen molar-refractivity contribution in [2.24, 2.45) is 0 Å². The van der Waals surface area contributed by atoms with E-state index in [-0.39, 0.29) is 5.56 Å². The smallest absolute Gasteiger partial charge is 0.267 e. The summed E-state index contributed by atoms with van der Waals surface area (Å²) in [5, 5.41) is 3.12. The second-order valence-corrected chi connectivity index (χ2v) is 4.38. The minimum atomic E-state index is -0.176. The van der Waals surface area contributed by atoms with Gasteiger partial charge in [-0.15, -0.1) is 0 Å². The molecular weight excluding hydrogens is 260 g/mol. The van der Waals surface area contributed by atoms with Gasteiger partial charge in [0.15, 0.2) is 0 Å². The van der Waals surface area contributed by atoms with Gasteiger partial charge in [0.1, 0.15) is 10.3 Å². The molecule has 0 aliphatic heterocycles. The van der Waals surface area contributed by atoms with Crippen molar-refractivity contribution >= 4 is 21.7 Å². The molecule has 1 aromatic heterocycles. The Labute approximate surface area is 97.0 Å². The van der Waals surface area contributed by atoms with Crippen molar-refractivity contribution in [2.75, 3.05) is 26.0 Å². The van der Waals surface area contributed by atoms with Crippen molar-refractivity contribution in [2.45, 2.75) is 13.0 Å². The molecule has 0 fully saturated rings. The van der Waals surface area contributed by atoms with Crippen LogP contribution in [0.5, 0.6) is 0 Å². The number of nitrogens with one attached hydrogen (secondary N) is 2. The summed E-state index contributed by atoms with van der Waals surface area (Å²) in [6.07, 6.45) is 1.38. The number of hydrogen-bond acceptors (Lipinski definition) is 4. The largest absolute Gasteiger partial charge is 0.367 e. The fraction of sp³-hybridized carbons (Fsp3) is 0.556. The molecule has 0 saturated carbocycles. The molecule has 1 aromatic rings. The summed E-state index contributed by atoms with van der Waals surface area (Å²) >= 11 is 3.18. The van der Waals surface area contributed by atoms with Crippen molar-refractivity contribution in [1.82, 2.24) is 14.9 Å². The molecule has 1 unspecified atom stereocenters. The maximum atomic E-state index is 11.2. The van der Waals surface area contributed by atoms with Gasteiger partial charge in [0, 0.05) is 12.6 Å². The summed E-state index contributed by atoms with van der Waals surface area (Å²) in [5.74, 6) is 0.576. The monoisotopic (exact) mass is 274 g/mol. The van der Waals surface area contributed by atoms with Crippen LogP contribution in [0.25, 0.3) is 0 Å². The van der Waals surface area contributed by atoms with Gasteiger partial charge in [-0.3, -0.25) is 4.79 Å². The fourth-order valence-corrected chi connectivity index (χ4v) is 1.29. The Balaban J connectivity index is 2.66. The van der Waals surface area contributed by atoms with Crippen molar-refractivity contribution in [1.29, 1.82) is 0 Å². The number of anilines is 1. The first-order chi connectivity index (χ1) is 7.02. The molecule has 0 amide bonds. The van der Waals surface area contributed by atoms with Crippen molar-refractivity contribution in [3.8, 4) is 0 Å². The number of nitrogens with zero attached hydrogens (tertiary/aromatic N) is 2. The van der Waals surface area contributed by atoms with Gasteiger partial charge in [0.05, 0.1) is 6.33 Å². The summed E-state index contributed by atoms with van der Waals surface area (Å²) in [6.45, 7) is 2.83. The van der Waals surface area contributed by atoms with E-state index in [4.69, 9.17) is 0 Å². The van der Waals surface area contributed by atoms with E-state index in [2.05, 4.69) is 43.0 Å². The normalized spacial score (nSPS) is 12.9. The summed E-state index contributed by atoms with van der Waals surface area (Å²) in [4.78, 5) is 19.8. The van der Waals surface area contributed by atoms with Crippen LogP contribution in [0, 0.1) is 0 Å². The Kier molecular flexibility index (Phi) is 4.28. The minimum Gasteiger partial charge on any atom is -0.367 e. The summed E-state index contributed by atoms with van der Waals surface area (Å²) in [6, 6.07) is 0.373. The van der Waals surface area contributed by atoms with Crippen LogP contribution < -0.4 is 10.9 Å². The molecule has 1 rings (SSSR count). The van der Waals surface area contributed by atoms with Gasteiger partial charge in [-0.05, 0) is 36.9 Å². The summed E-state index contributed by atoms with van der Waals surface area (Å²) < 4.78 is 0.441. The SMILES string of the molecule is CC(CNc1nc[nH]c(=O)c1Br)N(C)C. The number of aromatic amines is 1. The van der Waals surface area contributed by atoms with Gasteiger partial charge in [-0.25, -0.2) is 4.98 Å². The van der Waals surface area contributed by atoms with E-state index in [0.717, 1.165) is 6.54 Å². The zero-order valence-electron chi connectivity index (χ0n) is 9.04. The van der Waals surface area contributed by atoms with Crippen LogP contribution in [0.1, 0.15) is 6.92 Å². The molecular formula is C9H15BrN4O. The van der Waals surface area contributed by atoms with Gasteiger partial charge in [-0.2, -0.15) is 0 Å². The van der Waals surface area contributed by atoms with Gasteiger partial charge >= 0.3 is 0 Å². The summed E-state index contributed by atoms with van der Waals surface area (Å²) in [5.41, 5.74) is -0.176. The Bertz CT molecular complexity index is 377. The molecule has 0 aliphatic rings. The zero-order valence-corrected chi connectivity index (χ0v) is 10.6. The fourth-order valence-electron chi connectivity index (χ4n) is 0.933. The number of H-pyrrole nitrogens is 1.